The molecular weight excluding hydrogens is 388 g/mol. The lowest BCUT2D eigenvalue weighted by Crippen LogP contribution is -2.34. The normalized spacial score (nSPS) is 18.1. The number of carbonyl (C=O) groups is 2. The lowest BCUT2D eigenvalue weighted by atomic mass is 9.83. The molecule has 0 aromatic carbocycles. The maximum Gasteiger partial charge on any atom is 0.310 e. The first-order chi connectivity index (χ1) is 15.2. The second kappa shape index (κ2) is 19.4. The van der Waals surface area contributed by atoms with Gasteiger partial charge in [-0.1, -0.05) is 109 Å². The third-order valence-electron chi connectivity index (χ3n) is 6.27. The van der Waals surface area contributed by atoms with Gasteiger partial charge >= 0.3 is 11.9 Å². The van der Waals surface area contributed by atoms with E-state index in [0.29, 0.717) is 26.1 Å². The van der Waals surface area contributed by atoms with Gasteiger partial charge in [-0.2, -0.15) is 0 Å². The molecule has 1 aliphatic rings. The molecule has 4 nitrogen and oxygen atoms in total. The average molecular weight is 437 g/mol. The van der Waals surface area contributed by atoms with Crippen LogP contribution in [0.5, 0.6) is 0 Å². The quantitative estimate of drug-likeness (QED) is 0.119. The fourth-order valence-corrected chi connectivity index (χ4v) is 4.19. The van der Waals surface area contributed by atoms with E-state index in [4.69, 9.17) is 9.47 Å². The van der Waals surface area contributed by atoms with Crippen molar-refractivity contribution in [3.05, 3.63) is 12.2 Å². The third kappa shape index (κ3) is 13.6. The van der Waals surface area contributed by atoms with Crippen molar-refractivity contribution in [1.82, 2.24) is 0 Å². The van der Waals surface area contributed by atoms with E-state index >= 15 is 0 Å². The Kier molecular flexibility index (Phi) is 17.3. The minimum atomic E-state index is -0.388. The molecule has 2 unspecified atom stereocenters. The number of rotatable bonds is 19. The maximum atomic E-state index is 12.6. The number of hydrogen-bond acceptors (Lipinski definition) is 4. The number of hydrogen-bond donors (Lipinski definition) is 0. The Bertz CT molecular complexity index is 486. The van der Waals surface area contributed by atoms with Gasteiger partial charge in [0.25, 0.3) is 0 Å². The molecule has 0 saturated carbocycles. The number of ether oxygens (including phenoxy) is 2. The Morgan fingerprint density at radius 1 is 0.581 bits per heavy atom. The summed E-state index contributed by atoms with van der Waals surface area (Å²) in [6, 6.07) is 0. The Hall–Kier alpha value is -1.32. The molecule has 4 heteroatoms. The molecule has 180 valence electrons. The summed E-state index contributed by atoms with van der Waals surface area (Å²) >= 11 is 0. The van der Waals surface area contributed by atoms with Gasteiger partial charge in [0.2, 0.25) is 0 Å². The van der Waals surface area contributed by atoms with Gasteiger partial charge in [-0.3, -0.25) is 9.59 Å². The highest BCUT2D eigenvalue weighted by Gasteiger charge is 2.36. The van der Waals surface area contributed by atoms with Crippen LogP contribution in [-0.4, -0.2) is 25.2 Å². The summed E-state index contributed by atoms with van der Waals surface area (Å²) in [6.07, 6.45) is 23.2. The minimum Gasteiger partial charge on any atom is -0.465 e. The van der Waals surface area contributed by atoms with Crippen molar-refractivity contribution in [2.45, 2.75) is 123 Å². The molecule has 2 atom stereocenters. The highest BCUT2D eigenvalue weighted by molar-refractivity contribution is 5.82. The molecule has 0 radical (unpaired) electrons. The molecule has 0 amide bonds. The SMILES string of the molecule is CCCCCCCCCCOC(=O)C1CC=CCC1C(=O)OCCCCCCCCC. The molecule has 1 aliphatic carbocycles. The van der Waals surface area contributed by atoms with E-state index < -0.39 is 0 Å². The van der Waals surface area contributed by atoms with Gasteiger partial charge < -0.3 is 9.47 Å². The lowest BCUT2D eigenvalue weighted by molar-refractivity contribution is -0.161. The predicted molar refractivity (Wildman–Crippen MR) is 128 cm³/mol. The van der Waals surface area contributed by atoms with E-state index in [-0.39, 0.29) is 23.8 Å². The second-order valence-electron chi connectivity index (χ2n) is 9.09. The van der Waals surface area contributed by atoms with Crippen LogP contribution in [0.25, 0.3) is 0 Å². The van der Waals surface area contributed by atoms with Crippen LogP contribution in [-0.2, 0) is 19.1 Å². The summed E-state index contributed by atoms with van der Waals surface area (Å²) in [7, 11) is 0. The Morgan fingerprint density at radius 3 is 1.26 bits per heavy atom. The summed E-state index contributed by atoms with van der Waals surface area (Å²) < 4.78 is 11.0. The van der Waals surface area contributed by atoms with Gasteiger partial charge in [0.05, 0.1) is 25.0 Å². The Balaban J connectivity index is 2.17. The number of unbranched alkanes of at least 4 members (excludes halogenated alkanes) is 13. The highest BCUT2D eigenvalue weighted by atomic mass is 16.5. The van der Waals surface area contributed by atoms with Crippen LogP contribution in [0, 0.1) is 11.8 Å². The first-order valence-corrected chi connectivity index (χ1v) is 13.2. The van der Waals surface area contributed by atoms with Crippen molar-refractivity contribution in [2.75, 3.05) is 13.2 Å². The van der Waals surface area contributed by atoms with Gasteiger partial charge in [0.1, 0.15) is 0 Å². The lowest BCUT2D eigenvalue weighted by Gasteiger charge is -2.25. The third-order valence-corrected chi connectivity index (χ3v) is 6.27. The highest BCUT2D eigenvalue weighted by Crippen LogP contribution is 2.28. The van der Waals surface area contributed by atoms with E-state index in [1.54, 1.807) is 0 Å². The van der Waals surface area contributed by atoms with Crippen molar-refractivity contribution in [1.29, 1.82) is 0 Å². The average Bonchev–Trinajstić information content (AvgIpc) is 2.79. The van der Waals surface area contributed by atoms with Crippen LogP contribution < -0.4 is 0 Å². The van der Waals surface area contributed by atoms with Crippen LogP contribution in [0.1, 0.15) is 123 Å². The molecule has 1 rings (SSSR count). The zero-order valence-corrected chi connectivity index (χ0v) is 20.4. The summed E-state index contributed by atoms with van der Waals surface area (Å²) in [6.45, 7) is 5.39. The Labute approximate surface area is 191 Å². The smallest absolute Gasteiger partial charge is 0.310 e. The van der Waals surface area contributed by atoms with Crippen molar-refractivity contribution < 1.29 is 19.1 Å². The van der Waals surface area contributed by atoms with E-state index in [1.807, 2.05) is 12.2 Å². The fraction of sp³-hybridized carbons (Fsp3) is 0.852. The van der Waals surface area contributed by atoms with Gasteiger partial charge in [-0.25, -0.2) is 0 Å². The molecule has 0 saturated heterocycles. The number of allylic oxidation sites excluding steroid dienone is 2. The number of carbonyl (C=O) groups excluding carboxylic acids is 2. The molecule has 0 aliphatic heterocycles. The van der Waals surface area contributed by atoms with Crippen molar-refractivity contribution in [3.63, 3.8) is 0 Å². The zero-order chi connectivity index (χ0) is 22.6. The molecule has 0 aromatic heterocycles. The van der Waals surface area contributed by atoms with E-state index in [1.165, 1.54) is 70.6 Å². The molecule has 0 bridgehead atoms. The Morgan fingerprint density at radius 2 is 0.903 bits per heavy atom. The van der Waals surface area contributed by atoms with Crippen LogP contribution in [0.15, 0.2) is 12.2 Å². The van der Waals surface area contributed by atoms with Crippen LogP contribution in [0.4, 0.5) is 0 Å². The molecule has 0 heterocycles. The van der Waals surface area contributed by atoms with E-state index in [9.17, 15) is 9.59 Å². The van der Waals surface area contributed by atoms with Gasteiger partial charge in [0, 0.05) is 0 Å². The summed E-state index contributed by atoms with van der Waals surface area (Å²) in [5, 5.41) is 0. The van der Waals surface area contributed by atoms with Crippen molar-refractivity contribution in [2.24, 2.45) is 11.8 Å². The molecule has 31 heavy (non-hydrogen) atoms. The number of esters is 2. The predicted octanol–water partition coefficient (Wildman–Crippen LogP) is 7.55. The fourth-order valence-electron chi connectivity index (χ4n) is 4.19. The topological polar surface area (TPSA) is 52.6 Å². The zero-order valence-electron chi connectivity index (χ0n) is 20.4. The molecule has 0 fully saturated rings. The molecule has 0 aromatic rings. The monoisotopic (exact) mass is 436 g/mol. The first kappa shape index (κ1) is 27.7. The van der Waals surface area contributed by atoms with Crippen LogP contribution >= 0.6 is 0 Å². The van der Waals surface area contributed by atoms with Crippen LogP contribution in [0.2, 0.25) is 0 Å². The molecule has 0 spiro atoms. The van der Waals surface area contributed by atoms with Gasteiger partial charge in [-0.05, 0) is 25.7 Å². The van der Waals surface area contributed by atoms with Crippen molar-refractivity contribution >= 4 is 11.9 Å². The van der Waals surface area contributed by atoms with Crippen LogP contribution in [0.3, 0.4) is 0 Å². The summed E-state index contributed by atoms with van der Waals surface area (Å²) in [4.78, 5) is 25.1. The van der Waals surface area contributed by atoms with E-state index in [2.05, 4.69) is 13.8 Å². The maximum absolute atomic E-state index is 12.6. The van der Waals surface area contributed by atoms with E-state index in [0.717, 1.165) is 25.7 Å². The largest absolute Gasteiger partial charge is 0.465 e. The second-order valence-corrected chi connectivity index (χ2v) is 9.09. The van der Waals surface area contributed by atoms with Crippen molar-refractivity contribution in [3.8, 4) is 0 Å². The van der Waals surface area contributed by atoms with Gasteiger partial charge in [0.15, 0.2) is 0 Å². The first-order valence-electron chi connectivity index (χ1n) is 13.2. The minimum absolute atomic E-state index is 0.231. The van der Waals surface area contributed by atoms with Gasteiger partial charge in [-0.15, -0.1) is 0 Å². The summed E-state index contributed by atoms with van der Waals surface area (Å²) in [5.41, 5.74) is 0. The standard InChI is InChI=1S/C27H48O4/c1-3-5-7-9-11-13-15-19-23-31-27(29)25-21-17-16-20-24(25)26(28)30-22-18-14-12-10-8-6-4-2/h16-17,24-25H,3-15,18-23H2,1-2H3. The molecule has 0 N–H and O–H groups in total. The molecular formula is C27H48O4. The summed E-state index contributed by atoms with van der Waals surface area (Å²) in [5.74, 6) is -1.24.